The van der Waals surface area contributed by atoms with E-state index in [4.69, 9.17) is 5.73 Å². The van der Waals surface area contributed by atoms with Gasteiger partial charge in [-0.3, -0.25) is 0 Å². The van der Waals surface area contributed by atoms with E-state index < -0.39 is 0 Å². The molecule has 4 heteroatoms. The summed E-state index contributed by atoms with van der Waals surface area (Å²) < 4.78 is 1.67. The molecule has 0 fully saturated rings. The second-order valence-electron chi connectivity index (χ2n) is 3.78. The molecule has 1 aromatic carbocycles. The van der Waals surface area contributed by atoms with E-state index in [-0.39, 0.29) is 0 Å². The highest BCUT2D eigenvalue weighted by molar-refractivity contribution is 5.51. The van der Waals surface area contributed by atoms with E-state index in [1.165, 1.54) is 11.9 Å². The molecule has 0 bridgehead atoms. The predicted molar refractivity (Wildman–Crippen MR) is 60.0 cm³/mol. The summed E-state index contributed by atoms with van der Waals surface area (Å²) in [6, 6.07) is 4.23. The smallest absolute Gasteiger partial charge is 0.223 e. The van der Waals surface area contributed by atoms with Crippen LogP contribution in [0.25, 0.3) is 5.69 Å². The quantitative estimate of drug-likeness (QED) is 0.766. The molecule has 0 radical (unpaired) electrons. The molecule has 4 nitrogen and oxygen atoms in total. The van der Waals surface area contributed by atoms with Gasteiger partial charge in [0.25, 0.3) is 0 Å². The highest BCUT2D eigenvalue weighted by atomic mass is 15.4. The Bertz CT molecular complexity index is 476. The molecule has 0 aliphatic heterocycles. The van der Waals surface area contributed by atoms with Crippen molar-refractivity contribution in [3.8, 4) is 5.69 Å². The van der Waals surface area contributed by atoms with Crippen molar-refractivity contribution < 1.29 is 0 Å². The van der Waals surface area contributed by atoms with Gasteiger partial charge in [0.05, 0.1) is 5.69 Å². The van der Waals surface area contributed by atoms with Gasteiger partial charge in [0, 0.05) is 0 Å². The second-order valence-corrected chi connectivity index (χ2v) is 3.78. The fourth-order valence-corrected chi connectivity index (χ4v) is 1.93. The lowest BCUT2D eigenvalue weighted by Crippen LogP contribution is -2.06. The summed E-state index contributed by atoms with van der Waals surface area (Å²) in [4.78, 5) is 3.93. The molecule has 0 spiro atoms. The molecule has 0 saturated carbocycles. The van der Waals surface area contributed by atoms with Gasteiger partial charge < -0.3 is 5.73 Å². The molecular formula is C11H14N4. The summed E-state index contributed by atoms with van der Waals surface area (Å²) in [6.07, 6.45) is 1.47. The zero-order valence-corrected chi connectivity index (χ0v) is 9.15. The standard InChI is InChI=1S/C11H14N4/c1-7-4-8(2)10(9(3)5-7)15-11(12)13-6-14-15/h4-6H,1-3H3,(H2,12,13,14). The summed E-state index contributed by atoms with van der Waals surface area (Å²) in [5.41, 5.74) is 10.3. The van der Waals surface area contributed by atoms with Crippen LogP contribution in [0, 0.1) is 20.8 Å². The largest absolute Gasteiger partial charge is 0.368 e. The van der Waals surface area contributed by atoms with E-state index in [0.29, 0.717) is 5.95 Å². The number of nitrogens with zero attached hydrogens (tertiary/aromatic N) is 3. The van der Waals surface area contributed by atoms with Gasteiger partial charge in [-0.15, -0.1) is 0 Å². The summed E-state index contributed by atoms with van der Waals surface area (Å²) >= 11 is 0. The molecule has 0 amide bonds. The molecule has 15 heavy (non-hydrogen) atoms. The van der Waals surface area contributed by atoms with Crippen LogP contribution in [0.3, 0.4) is 0 Å². The average molecular weight is 202 g/mol. The number of aromatic nitrogens is 3. The third-order valence-electron chi connectivity index (χ3n) is 2.42. The molecule has 0 saturated heterocycles. The number of aryl methyl sites for hydroxylation is 3. The van der Waals surface area contributed by atoms with E-state index >= 15 is 0 Å². The summed E-state index contributed by atoms with van der Waals surface area (Å²) in [7, 11) is 0. The zero-order valence-electron chi connectivity index (χ0n) is 9.15. The molecule has 2 N–H and O–H groups in total. The van der Waals surface area contributed by atoms with Gasteiger partial charge in [-0.25, -0.2) is 0 Å². The lowest BCUT2D eigenvalue weighted by molar-refractivity contribution is 0.873. The van der Waals surface area contributed by atoms with Crippen LogP contribution in [0.5, 0.6) is 0 Å². The van der Waals surface area contributed by atoms with Crippen LogP contribution in [0.2, 0.25) is 0 Å². The molecule has 0 aliphatic carbocycles. The van der Waals surface area contributed by atoms with Crippen LogP contribution in [-0.4, -0.2) is 14.8 Å². The van der Waals surface area contributed by atoms with Crippen molar-refractivity contribution in [2.75, 3.05) is 5.73 Å². The molecule has 2 aromatic rings. The minimum absolute atomic E-state index is 0.421. The van der Waals surface area contributed by atoms with E-state index in [1.807, 2.05) is 0 Å². The minimum atomic E-state index is 0.421. The molecule has 0 atom stereocenters. The van der Waals surface area contributed by atoms with Gasteiger partial charge in [-0.05, 0) is 31.9 Å². The van der Waals surface area contributed by atoms with Crippen molar-refractivity contribution >= 4 is 5.95 Å². The Kier molecular flexibility index (Phi) is 2.19. The Morgan fingerprint density at radius 1 is 1.13 bits per heavy atom. The van der Waals surface area contributed by atoms with Gasteiger partial charge in [0.15, 0.2) is 0 Å². The Labute approximate surface area is 88.8 Å². The fraction of sp³-hybridized carbons (Fsp3) is 0.273. The first-order valence-corrected chi connectivity index (χ1v) is 4.83. The van der Waals surface area contributed by atoms with Crippen molar-refractivity contribution in [3.63, 3.8) is 0 Å². The van der Waals surface area contributed by atoms with E-state index in [9.17, 15) is 0 Å². The van der Waals surface area contributed by atoms with E-state index in [2.05, 4.69) is 43.0 Å². The Morgan fingerprint density at radius 2 is 1.73 bits per heavy atom. The third-order valence-corrected chi connectivity index (χ3v) is 2.42. The first-order chi connectivity index (χ1) is 7.09. The van der Waals surface area contributed by atoms with Crippen LogP contribution in [-0.2, 0) is 0 Å². The molecule has 78 valence electrons. The second kappa shape index (κ2) is 3.38. The highest BCUT2D eigenvalue weighted by Gasteiger charge is 2.09. The SMILES string of the molecule is Cc1cc(C)c(-n2ncnc2N)c(C)c1. The summed E-state index contributed by atoms with van der Waals surface area (Å²) in [5, 5.41) is 4.12. The fourth-order valence-electron chi connectivity index (χ4n) is 1.93. The van der Waals surface area contributed by atoms with Gasteiger partial charge in [0.1, 0.15) is 6.33 Å². The van der Waals surface area contributed by atoms with E-state index in [0.717, 1.165) is 16.8 Å². The minimum Gasteiger partial charge on any atom is -0.368 e. The first-order valence-electron chi connectivity index (χ1n) is 4.83. The lowest BCUT2D eigenvalue weighted by atomic mass is 10.1. The number of hydrogen-bond donors (Lipinski definition) is 1. The number of nitrogen functional groups attached to an aromatic ring is 1. The summed E-state index contributed by atoms with van der Waals surface area (Å²) in [5.74, 6) is 0.421. The van der Waals surface area contributed by atoms with Gasteiger partial charge in [0.2, 0.25) is 5.95 Å². The predicted octanol–water partition coefficient (Wildman–Crippen LogP) is 1.77. The van der Waals surface area contributed by atoms with Gasteiger partial charge in [-0.1, -0.05) is 17.7 Å². The zero-order chi connectivity index (χ0) is 11.0. The molecule has 2 rings (SSSR count). The van der Waals surface area contributed by atoms with Crippen LogP contribution >= 0.6 is 0 Å². The molecular weight excluding hydrogens is 188 g/mol. The number of rotatable bonds is 1. The topological polar surface area (TPSA) is 56.7 Å². The summed E-state index contributed by atoms with van der Waals surface area (Å²) in [6.45, 7) is 6.18. The van der Waals surface area contributed by atoms with Crippen LogP contribution in [0.1, 0.15) is 16.7 Å². The van der Waals surface area contributed by atoms with Crippen molar-refractivity contribution in [3.05, 3.63) is 35.2 Å². The first kappa shape index (κ1) is 9.71. The lowest BCUT2D eigenvalue weighted by Gasteiger charge is -2.11. The Hall–Kier alpha value is -1.84. The normalized spacial score (nSPS) is 10.6. The Balaban J connectivity index is 2.68. The van der Waals surface area contributed by atoms with Gasteiger partial charge >= 0.3 is 0 Å². The maximum Gasteiger partial charge on any atom is 0.223 e. The Morgan fingerprint density at radius 3 is 2.20 bits per heavy atom. The van der Waals surface area contributed by atoms with Crippen molar-refractivity contribution in [1.29, 1.82) is 0 Å². The van der Waals surface area contributed by atoms with Crippen molar-refractivity contribution in [1.82, 2.24) is 14.8 Å². The number of benzene rings is 1. The average Bonchev–Trinajstić information content (AvgIpc) is 2.50. The maximum absolute atomic E-state index is 5.74. The number of hydrogen-bond acceptors (Lipinski definition) is 3. The van der Waals surface area contributed by atoms with Crippen LogP contribution in [0.4, 0.5) is 5.95 Å². The molecule has 0 unspecified atom stereocenters. The van der Waals surface area contributed by atoms with Crippen molar-refractivity contribution in [2.24, 2.45) is 0 Å². The number of anilines is 1. The highest BCUT2D eigenvalue weighted by Crippen LogP contribution is 2.21. The van der Waals surface area contributed by atoms with Crippen LogP contribution < -0.4 is 5.73 Å². The molecule has 1 heterocycles. The molecule has 0 aliphatic rings. The van der Waals surface area contributed by atoms with Crippen LogP contribution in [0.15, 0.2) is 18.5 Å². The van der Waals surface area contributed by atoms with Crippen molar-refractivity contribution in [2.45, 2.75) is 20.8 Å². The monoisotopic (exact) mass is 202 g/mol. The third kappa shape index (κ3) is 1.58. The molecule has 1 aromatic heterocycles. The van der Waals surface area contributed by atoms with E-state index in [1.54, 1.807) is 4.68 Å². The maximum atomic E-state index is 5.74. The van der Waals surface area contributed by atoms with Gasteiger partial charge in [-0.2, -0.15) is 14.8 Å². The number of nitrogens with two attached hydrogens (primary N) is 1.